The SMILES string of the molecule is c1cc2cccc3c4cccc5c(-c6ccc7sc8ccc(-c9ccc%10oc%11cccc%12cccc(c%13cccc9c%10%13)c%12%11)cc8c7c6)ccc(oc(c1)c23)c54. The van der Waals surface area contributed by atoms with Crippen LogP contribution in [-0.2, 0) is 0 Å². The third kappa shape index (κ3) is 4.08. The molecular formula is C52H28O2S. The molecule has 0 amide bonds. The van der Waals surface area contributed by atoms with E-state index < -0.39 is 0 Å². The van der Waals surface area contributed by atoms with Crippen molar-refractivity contribution in [2.45, 2.75) is 0 Å². The Bertz CT molecular complexity index is 3520. The lowest BCUT2D eigenvalue weighted by Gasteiger charge is -2.10. The normalized spacial score (nSPS) is 12.4. The average Bonchev–Trinajstić information content (AvgIpc) is 3.45. The van der Waals surface area contributed by atoms with E-state index in [0.717, 1.165) is 33.1 Å². The van der Waals surface area contributed by atoms with Crippen LogP contribution in [0.25, 0.3) is 129 Å². The molecule has 10 aromatic carbocycles. The minimum atomic E-state index is 0.896. The van der Waals surface area contributed by atoms with Crippen LogP contribution in [-0.4, -0.2) is 0 Å². The van der Waals surface area contributed by atoms with Gasteiger partial charge < -0.3 is 8.83 Å². The molecule has 0 bridgehead atoms. The van der Waals surface area contributed by atoms with Crippen LogP contribution >= 0.6 is 11.3 Å². The Balaban J connectivity index is 1.03. The van der Waals surface area contributed by atoms with Crippen molar-refractivity contribution >= 4 is 118 Å². The van der Waals surface area contributed by atoms with Gasteiger partial charge in [0.25, 0.3) is 0 Å². The molecule has 0 unspecified atom stereocenters. The smallest absolute Gasteiger partial charge is 0.135 e. The summed E-state index contributed by atoms with van der Waals surface area (Å²) in [7, 11) is 0. The zero-order valence-corrected chi connectivity index (χ0v) is 30.2. The van der Waals surface area contributed by atoms with Gasteiger partial charge in [0.05, 0.1) is 0 Å². The predicted octanol–water partition coefficient (Wildman–Crippen LogP) is 15.8. The van der Waals surface area contributed by atoms with E-state index in [1.807, 2.05) is 11.3 Å². The molecule has 0 radical (unpaired) electrons. The number of fused-ring (bicyclic) bond motifs is 5. The van der Waals surface area contributed by atoms with Gasteiger partial charge in [0.15, 0.2) is 0 Å². The summed E-state index contributed by atoms with van der Waals surface area (Å²) in [5.74, 6) is 0. The maximum atomic E-state index is 6.70. The largest absolute Gasteiger partial charge is 0.456 e. The molecule has 13 aromatic rings. The molecule has 0 N–H and O–H groups in total. The van der Waals surface area contributed by atoms with Crippen LogP contribution in [0.4, 0.5) is 0 Å². The van der Waals surface area contributed by atoms with E-state index in [2.05, 4.69) is 170 Å². The Hall–Kier alpha value is -6.94. The van der Waals surface area contributed by atoms with Crippen LogP contribution in [0.5, 0.6) is 0 Å². The van der Waals surface area contributed by atoms with E-state index in [4.69, 9.17) is 8.83 Å². The number of hydrogen-bond acceptors (Lipinski definition) is 3. The standard InChI is InChI=1S/C52H28O2S/c1-7-29-9-3-17-43-49(29)37(11-1)39-15-5-13-35-33(21-23-45(53-43)51(35)39)31-19-25-47-41(27-31)42-28-32(20-26-48(42)55-47)34-22-24-46-52-36(34)14-6-16-40(52)38-12-2-8-30-10-4-18-44(54-46)50(30)38/h1-28H. The van der Waals surface area contributed by atoms with Crippen molar-refractivity contribution in [3.8, 4) is 22.3 Å². The van der Waals surface area contributed by atoms with Gasteiger partial charge in [-0.25, -0.2) is 0 Å². The molecule has 13 rings (SSSR count). The molecule has 3 heterocycles. The molecule has 0 aliphatic rings. The van der Waals surface area contributed by atoms with Gasteiger partial charge in [0.1, 0.15) is 22.3 Å². The summed E-state index contributed by atoms with van der Waals surface area (Å²) >= 11 is 1.86. The summed E-state index contributed by atoms with van der Waals surface area (Å²) in [4.78, 5) is 0. The first-order valence-electron chi connectivity index (χ1n) is 18.7. The highest BCUT2D eigenvalue weighted by atomic mass is 32.1. The number of rotatable bonds is 2. The van der Waals surface area contributed by atoms with Gasteiger partial charge in [-0.1, -0.05) is 121 Å². The van der Waals surface area contributed by atoms with Crippen LogP contribution in [0.1, 0.15) is 0 Å². The van der Waals surface area contributed by atoms with Gasteiger partial charge in [-0.2, -0.15) is 0 Å². The van der Waals surface area contributed by atoms with E-state index in [9.17, 15) is 0 Å². The van der Waals surface area contributed by atoms with Crippen molar-refractivity contribution < 1.29 is 8.83 Å². The van der Waals surface area contributed by atoms with E-state index in [1.165, 1.54) is 96.3 Å². The fourth-order valence-corrected chi connectivity index (χ4v) is 10.5. The Morgan fingerprint density at radius 2 is 0.673 bits per heavy atom. The van der Waals surface area contributed by atoms with Crippen molar-refractivity contribution in [3.63, 3.8) is 0 Å². The van der Waals surface area contributed by atoms with E-state index in [-0.39, 0.29) is 0 Å². The Kier molecular flexibility index (Phi) is 5.80. The van der Waals surface area contributed by atoms with Crippen molar-refractivity contribution in [2.75, 3.05) is 0 Å². The number of hydrogen-bond donors (Lipinski definition) is 0. The highest BCUT2D eigenvalue weighted by molar-refractivity contribution is 7.25. The maximum absolute atomic E-state index is 6.70. The molecule has 0 atom stereocenters. The Labute approximate surface area is 318 Å². The van der Waals surface area contributed by atoms with Gasteiger partial charge >= 0.3 is 0 Å². The zero-order chi connectivity index (χ0) is 35.8. The maximum Gasteiger partial charge on any atom is 0.135 e. The molecule has 0 aliphatic heterocycles. The first-order chi connectivity index (χ1) is 27.2. The fourth-order valence-electron chi connectivity index (χ4n) is 9.45. The fraction of sp³-hybridized carbons (Fsp3) is 0. The number of thiophene rings is 1. The number of benzene rings is 10. The summed E-state index contributed by atoms with van der Waals surface area (Å²) in [6.45, 7) is 0. The molecular weight excluding hydrogens is 689 g/mol. The van der Waals surface area contributed by atoms with Crippen molar-refractivity contribution in [1.82, 2.24) is 0 Å². The summed E-state index contributed by atoms with van der Waals surface area (Å²) in [5.41, 5.74) is 8.41. The molecule has 0 saturated carbocycles. The molecule has 0 spiro atoms. The molecule has 2 nitrogen and oxygen atoms in total. The van der Waals surface area contributed by atoms with Crippen LogP contribution in [0.3, 0.4) is 0 Å². The summed E-state index contributed by atoms with van der Waals surface area (Å²) in [6.07, 6.45) is 0. The monoisotopic (exact) mass is 716 g/mol. The Morgan fingerprint density at radius 3 is 1.15 bits per heavy atom. The summed E-state index contributed by atoms with van der Waals surface area (Å²) in [6, 6.07) is 61.8. The lowest BCUT2D eigenvalue weighted by Crippen LogP contribution is -1.84. The van der Waals surface area contributed by atoms with Crippen LogP contribution < -0.4 is 0 Å². The second-order valence-corrected chi connectivity index (χ2v) is 15.8. The lowest BCUT2D eigenvalue weighted by molar-refractivity contribution is 0.664. The second-order valence-electron chi connectivity index (χ2n) is 14.7. The van der Waals surface area contributed by atoms with Crippen LogP contribution in [0, 0.1) is 0 Å². The van der Waals surface area contributed by atoms with Crippen LogP contribution in [0.2, 0.25) is 0 Å². The highest BCUT2D eigenvalue weighted by Gasteiger charge is 2.17. The topological polar surface area (TPSA) is 26.3 Å². The van der Waals surface area contributed by atoms with Crippen molar-refractivity contribution in [3.05, 3.63) is 170 Å². The summed E-state index contributed by atoms with van der Waals surface area (Å²) in [5, 5.41) is 16.8. The molecule has 0 saturated heterocycles. The molecule has 0 fully saturated rings. The summed E-state index contributed by atoms with van der Waals surface area (Å²) < 4.78 is 16.0. The van der Waals surface area contributed by atoms with E-state index >= 15 is 0 Å². The van der Waals surface area contributed by atoms with Gasteiger partial charge in [0, 0.05) is 41.7 Å². The molecule has 254 valence electrons. The zero-order valence-electron chi connectivity index (χ0n) is 29.4. The quantitative estimate of drug-likeness (QED) is 0.178. The van der Waals surface area contributed by atoms with Gasteiger partial charge in [-0.05, 0) is 114 Å². The molecule has 3 heteroatoms. The highest BCUT2D eigenvalue weighted by Crippen LogP contribution is 2.45. The third-order valence-electron chi connectivity index (χ3n) is 11.8. The minimum absolute atomic E-state index is 0.896. The van der Waals surface area contributed by atoms with E-state index in [1.54, 1.807) is 0 Å². The van der Waals surface area contributed by atoms with E-state index in [0.29, 0.717) is 0 Å². The van der Waals surface area contributed by atoms with Crippen molar-refractivity contribution in [1.29, 1.82) is 0 Å². The third-order valence-corrected chi connectivity index (χ3v) is 13.0. The Morgan fingerprint density at radius 1 is 0.291 bits per heavy atom. The lowest BCUT2D eigenvalue weighted by atomic mass is 9.93. The van der Waals surface area contributed by atoms with Crippen molar-refractivity contribution in [2.24, 2.45) is 0 Å². The van der Waals surface area contributed by atoms with Crippen LogP contribution in [0.15, 0.2) is 179 Å². The molecule has 0 aliphatic carbocycles. The predicted molar refractivity (Wildman–Crippen MR) is 235 cm³/mol. The average molecular weight is 717 g/mol. The van der Waals surface area contributed by atoms with Gasteiger partial charge in [-0.3, -0.25) is 0 Å². The van der Waals surface area contributed by atoms with Gasteiger partial charge in [-0.15, -0.1) is 11.3 Å². The second kappa shape index (κ2) is 10.8. The first-order valence-corrected chi connectivity index (χ1v) is 19.6. The van der Waals surface area contributed by atoms with Gasteiger partial charge in [0.2, 0.25) is 0 Å². The molecule has 3 aromatic heterocycles. The first kappa shape index (κ1) is 29.5. The molecule has 55 heavy (non-hydrogen) atoms. The minimum Gasteiger partial charge on any atom is -0.456 e.